The minimum atomic E-state index is -0.483. The fraction of sp³-hybridized carbons (Fsp3) is 0.143. The Bertz CT molecular complexity index is 1090. The van der Waals surface area contributed by atoms with Gasteiger partial charge in [0.15, 0.2) is 10.9 Å². The molecule has 1 saturated heterocycles. The van der Waals surface area contributed by atoms with Gasteiger partial charge in [-0.2, -0.15) is 5.26 Å². The van der Waals surface area contributed by atoms with Gasteiger partial charge in [0.2, 0.25) is 0 Å². The van der Waals surface area contributed by atoms with E-state index in [4.69, 9.17) is 28.6 Å². The van der Waals surface area contributed by atoms with Crippen LogP contribution in [0.25, 0.3) is 6.08 Å². The van der Waals surface area contributed by atoms with Crippen molar-refractivity contribution in [2.75, 3.05) is 14.1 Å². The van der Waals surface area contributed by atoms with Crippen LogP contribution in [0.5, 0.6) is 5.75 Å². The number of nitrogens with zero attached hydrogens (tertiary/aromatic N) is 3. The first-order valence-corrected chi connectivity index (χ1v) is 10.2. The molecule has 2 aromatic rings. The second-order valence-electron chi connectivity index (χ2n) is 6.44. The number of ether oxygens (including phenoxy) is 1. The lowest BCUT2D eigenvalue weighted by Crippen LogP contribution is -2.52. The highest BCUT2D eigenvalue weighted by molar-refractivity contribution is 9.10. The minimum absolute atomic E-state index is 0.0202. The van der Waals surface area contributed by atoms with Gasteiger partial charge in [-0.15, -0.1) is 0 Å². The molecule has 30 heavy (non-hydrogen) atoms. The molecular formula is C21H15BrClN3O3S. The predicted octanol–water partition coefficient (Wildman–Crippen LogP) is 4.15. The van der Waals surface area contributed by atoms with Crippen molar-refractivity contribution in [3.8, 4) is 11.8 Å². The van der Waals surface area contributed by atoms with Crippen molar-refractivity contribution in [3.05, 3.63) is 68.2 Å². The van der Waals surface area contributed by atoms with Crippen molar-refractivity contribution in [2.45, 2.75) is 6.61 Å². The number of benzene rings is 2. The van der Waals surface area contributed by atoms with Crippen molar-refractivity contribution in [1.82, 2.24) is 9.80 Å². The molecular weight excluding hydrogens is 490 g/mol. The summed E-state index contributed by atoms with van der Waals surface area (Å²) in [6.07, 6.45) is 1.46. The van der Waals surface area contributed by atoms with Crippen LogP contribution in [0.15, 0.2) is 46.4 Å². The molecule has 0 aliphatic carbocycles. The largest absolute Gasteiger partial charge is 0.486 e. The highest BCUT2D eigenvalue weighted by Crippen LogP contribution is 2.36. The average Bonchev–Trinajstić information content (AvgIpc) is 2.73. The summed E-state index contributed by atoms with van der Waals surface area (Å²) >= 11 is 14.9. The van der Waals surface area contributed by atoms with Gasteiger partial charge in [0.05, 0.1) is 21.1 Å². The van der Waals surface area contributed by atoms with Gasteiger partial charge in [-0.1, -0.05) is 29.8 Å². The molecule has 0 atom stereocenters. The normalized spacial score (nSPS) is 14.1. The highest BCUT2D eigenvalue weighted by Gasteiger charge is 2.35. The Morgan fingerprint density at radius 2 is 1.83 bits per heavy atom. The van der Waals surface area contributed by atoms with Gasteiger partial charge in [0, 0.05) is 19.7 Å². The van der Waals surface area contributed by atoms with E-state index >= 15 is 0 Å². The van der Waals surface area contributed by atoms with E-state index in [9.17, 15) is 14.9 Å². The van der Waals surface area contributed by atoms with Crippen LogP contribution in [0.4, 0.5) is 0 Å². The lowest BCUT2D eigenvalue weighted by atomic mass is 10.1. The van der Waals surface area contributed by atoms with Crippen LogP contribution < -0.4 is 4.74 Å². The van der Waals surface area contributed by atoms with Crippen molar-refractivity contribution >= 4 is 62.8 Å². The first-order valence-electron chi connectivity index (χ1n) is 8.66. The maximum Gasteiger partial charge on any atom is 0.265 e. The van der Waals surface area contributed by atoms with Crippen LogP contribution in [0.2, 0.25) is 5.02 Å². The van der Waals surface area contributed by atoms with Crippen LogP contribution in [0.1, 0.15) is 16.7 Å². The van der Waals surface area contributed by atoms with Gasteiger partial charge in [-0.3, -0.25) is 19.4 Å². The molecule has 0 N–H and O–H groups in total. The number of likely N-dealkylation sites (N-methyl/N-ethyl adjacent to an activating group) is 2. The SMILES string of the molecule is CN1C(=O)C(=Cc2cc(Cl)c(OCc3ccccc3C#N)c(Br)c2)C(=O)N(C)C1=S. The third kappa shape index (κ3) is 4.24. The summed E-state index contributed by atoms with van der Waals surface area (Å²) < 4.78 is 6.36. The fourth-order valence-electron chi connectivity index (χ4n) is 2.85. The highest BCUT2D eigenvalue weighted by atomic mass is 79.9. The van der Waals surface area contributed by atoms with Gasteiger partial charge < -0.3 is 4.74 Å². The lowest BCUT2D eigenvalue weighted by molar-refractivity contribution is -0.132. The zero-order valence-electron chi connectivity index (χ0n) is 16.0. The molecule has 2 amide bonds. The number of hydrogen-bond donors (Lipinski definition) is 0. The van der Waals surface area contributed by atoms with E-state index in [0.29, 0.717) is 26.4 Å². The van der Waals surface area contributed by atoms with Crippen molar-refractivity contribution in [3.63, 3.8) is 0 Å². The zero-order valence-corrected chi connectivity index (χ0v) is 19.1. The van der Waals surface area contributed by atoms with Gasteiger partial charge in [0.25, 0.3) is 11.8 Å². The second kappa shape index (κ2) is 8.96. The molecule has 9 heteroatoms. The molecule has 2 aromatic carbocycles. The van der Waals surface area contributed by atoms with Crippen LogP contribution >= 0.6 is 39.7 Å². The molecule has 6 nitrogen and oxygen atoms in total. The Morgan fingerprint density at radius 3 is 2.43 bits per heavy atom. The maximum absolute atomic E-state index is 12.5. The Morgan fingerprint density at radius 1 is 1.20 bits per heavy atom. The quantitative estimate of drug-likeness (QED) is 0.355. The summed E-state index contributed by atoms with van der Waals surface area (Å²) in [5.74, 6) is -0.573. The Labute approximate surface area is 192 Å². The van der Waals surface area contributed by atoms with E-state index in [2.05, 4.69) is 22.0 Å². The van der Waals surface area contributed by atoms with Crippen LogP contribution in [-0.2, 0) is 16.2 Å². The lowest BCUT2D eigenvalue weighted by Gasteiger charge is -2.31. The van der Waals surface area contributed by atoms with Crippen molar-refractivity contribution < 1.29 is 14.3 Å². The molecule has 0 bridgehead atoms. The topological polar surface area (TPSA) is 73.6 Å². The summed E-state index contributed by atoms with van der Waals surface area (Å²) in [6, 6.07) is 12.5. The minimum Gasteiger partial charge on any atom is -0.486 e. The number of carbonyl (C=O) groups excluding carboxylic acids is 2. The number of thiocarbonyl (C=S) groups is 1. The number of amides is 2. The van der Waals surface area contributed by atoms with Gasteiger partial charge >= 0.3 is 0 Å². The van der Waals surface area contributed by atoms with E-state index in [-0.39, 0.29) is 17.3 Å². The van der Waals surface area contributed by atoms with Crippen LogP contribution in [0, 0.1) is 11.3 Å². The molecule has 3 rings (SSSR count). The van der Waals surface area contributed by atoms with Crippen LogP contribution in [0.3, 0.4) is 0 Å². The standard InChI is InChI=1S/C21H15BrClN3O3S/c1-25-19(27)15(20(28)26(2)21(25)30)7-12-8-16(22)18(17(23)9-12)29-11-14-6-4-3-5-13(14)10-24/h3-9H,11H2,1-2H3. The van der Waals surface area contributed by atoms with E-state index in [1.165, 1.54) is 30.0 Å². The molecule has 0 saturated carbocycles. The van der Waals surface area contributed by atoms with Crippen molar-refractivity contribution in [1.29, 1.82) is 5.26 Å². The third-order valence-electron chi connectivity index (χ3n) is 4.49. The summed E-state index contributed by atoms with van der Waals surface area (Å²) in [5.41, 5.74) is 1.78. The summed E-state index contributed by atoms with van der Waals surface area (Å²) in [6.45, 7) is 0.159. The average molecular weight is 505 g/mol. The number of hydrogen-bond acceptors (Lipinski definition) is 5. The molecule has 1 heterocycles. The second-order valence-corrected chi connectivity index (χ2v) is 8.07. The molecule has 0 unspecified atom stereocenters. The first-order chi connectivity index (χ1) is 14.2. The number of nitriles is 1. The zero-order chi connectivity index (χ0) is 22.0. The van der Waals surface area contributed by atoms with Crippen molar-refractivity contribution in [2.24, 2.45) is 0 Å². The maximum atomic E-state index is 12.5. The number of rotatable bonds is 4. The van der Waals surface area contributed by atoms with E-state index in [1.807, 2.05) is 6.07 Å². The molecule has 1 fully saturated rings. The van der Waals surface area contributed by atoms with E-state index in [1.54, 1.807) is 30.3 Å². The van der Waals surface area contributed by atoms with E-state index in [0.717, 1.165) is 5.56 Å². The third-order valence-corrected chi connectivity index (χ3v) is 5.90. The van der Waals surface area contributed by atoms with Gasteiger partial charge in [0.1, 0.15) is 12.2 Å². The van der Waals surface area contributed by atoms with E-state index < -0.39 is 11.8 Å². The number of carbonyl (C=O) groups is 2. The summed E-state index contributed by atoms with van der Waals surface area (Å²) in [7, 11) is 3.03. The summed E-state index contributed by atoms with van der Waals surface area (Å²) in [4.78, 5) is 27.4. The first kappa shape index (κ1) is 22.0. The Kier molecular flexibility index (Phi) is 6.56. The Balaban J connectivity index is 1.89. The van der Waals surface area contributed by atoms with Gasteiger partial charge in [-0.05, 0) is 58.0 Å². The van der Waals surface area contributed by atoms with Gasteiger partial charge in [-0.25, -0.2) is 0 Å². The Hall–Kier alpha value is -2.73. The molecule has 0 spiro atoms. The summed E-state index contributed by atoms with van der Waals surface area (Å²) in [5, 5.41) is 9.63. The monoisotopic (exact) mass is 503 g/mol. The molecule has 1 aliphatic heterocycles. The molecule has 0 radical (unpaired) electrons. The fourth-order valence-corrected chi connectivity index (χ4v) is 4.00. The molecule has 0 aromatic heterocycles. The molecule has 1 aliphatic rings. The smallest absolute Gasteiger partial charge is 0.265 e. The molecule has 152 valence electrons. The predicted molar refractivity (Wildman–Crippen MR) is 121 cm³/mol. The van der Waals surface area contributed by atoms with Crippen LogP contribution in [-0.4, -0.2) is 40.8 Å². The number of halogens is 2.